The molecule has 98 valence electrons. The van der Waals surface area contributed by atoms with Gasteiger partial charge in [0.25, 0.3) is 0 Å². The molecule has 1 fully saturated rings. The number of pyridine rings is 1. The Bertz CT molecular complexity index is 363. The molecule has 1 aliphatic carbocycles. The molecule has 1 aliphatic rings. The van der Waals surface area contributed by atoms with Crippen LogP contribution in [0.3, 0.4) is 0 Å². The molecule has 0 unspecified atom stereocenters. The fourth-order valence-electron chi connectivity index (χ4n) is 1.79. The van der Waals surface area contributed by atoms with Crippen LogP contribution < -0.4 is 10.6 Å². The molecule has 0 saturated heterocycles. The number of carbonyl (C=O) groups excluding carboxylic acids is 1. The van der Waals surface area contributed by atoms with Crippen LogP contribution in [0.2, 0.25) is 0 Å². The van der Waals surface area contributed by atoms with E-state index in [1.54, 1.807) is 6.20 Å². The van der Waals surface area contributed by atoms with Crippen LogP contribution in [0.25, 0.3) is 0 Å². The molecule has 0 atom stereocenters. The van der Waals surface area contributed by atoms with Crippen LogP contribution in [0, 0.1) is 0 Å². The summed E-state index contributed by atoms with van der Waals surface area (Å²) in [4.78, 5) is 15.8. The number of carbonyl (C=O) groups is 1. The minimum atomic E-state index is 0.118. The third kappa shape index (κ3) is 5.27. The highest BCUT2D eigenvalue weighted by Crippen LogP contribution is 2.18. The van der Waals surface area contributed by atoms with E-state index in [2.05, 4.69) is 15.6 Å². The second-order valence-electron chi connectivity index (χ2n) is 4.75. The van der Waals surface area contributed by atoms with Gasteiger partial charge in [-0.05, 0) is 44.4 Å². The zero-order valence-electron chi connectivity index (χ0n) is 10.7. The molecule has 1 aromatic rings. The van der Waals surface area contributed by atoms with Crippen LogP contribution in [0.5, 0.6) is 0 Å². The van der Waals surface area contributed by atoms with E-state index >= 15 is 0 Å². The molecular weight excluding hydrogens is 226 g/mol. The van der Waals surface area contributed by atoms with Gasteiger partial charge in [-0.25, -0.2) is 0 Å². The number of aromatic nitrogens is 1. The van der Waals surface area contributed by atoms with Gasteiger partial charge in [-0.15, -0.1) is 0 Å². The van der Waals surface area contributed by atoms with Crippen LogP contribution in [0.4, 0.5) is 0 Å². The first-order valence-corrected chi connectivity index (χ1v) is 6.74. The van der Waals surface area contributed by atoms with Crippen LogP contribution in [-0.4, -0.2) is 30.0 Å². The van der Waals surface area contributed by atoms with Crippen LogP contribution >= 0.6 is 0 Å². The third-order valence-corrected chi connectivity index (χ3v) is 3.02. The SMILES string of the molecule is O=C(CCc1ccccn1)NCCCNC1CC1. The number of hydrogen-bond acceptors (Lipinski definition) is 3. The highest BCUT2D eigenvalue weighted by atomic mass is 16.1. The average Bonchev–Trinajstić information content (AvgIpc) is 3.21. The molecular formula is C14H21N3O. The Kier molecular flexibility index (Phi) is 5.15. The lowest BCUT2D eigenvalue weighted by atomic mass is 10.2. The van der Waals surface area contributed by atoms with Gasteiger partial charge in [0.05, 0.1) is 0 Å². The number of nitrogens with one attached hydrogen (secondary N) is 2. The zero-order valence-corrected chi connectivity index (χ0v) is 10.7. The van der Waals surface area contributed by atoms with Gasteiger partial charge in [-0.3, -0.25) is 9.78 Å². The van der Waals surface area contributed by atoms with E-state index in [1.165, 1.54) is 12.8 Å². The van der Waals surface area contributed by atoms with Crippen LogP contribution in [0.15, 0.2) is 24.4 Å². The summed E-state index contributed by atoms with van der Waals surface area (Å²) in [6, 6.07) is 6.54. The fourth-order valence-corrected chi connectivity index (χ4v) is 1.79. The summed E-state index contributed by atoms with van der Waals surface area (Å²) in [5.41, 5.74) is 0.975. The standard InChI is InChI=1S/C14H21N3O/c18-14(8-7-12-4-1-2-9-15-12)17-11-3-10-16-13-5-6-13/h1-2,4,9,13,16H,3,5-8,10-11H2,(H,17,18). The molecule has 2 rings (SSSR count). The average molecular weight is 247 g/mol. The minimum Gasteiger partial charge on any atom is -0.356 e. The van der Waals surface area contributed by atoms with E-state index in [1.807, 2.05) is 18.2 Å². The number of amides is 1. The Morgan fingerprint density at radius 3 is 2.94 bits per heavy atom. The Morgan fingerprint density at radius 1 is 1.33 bits per heavy atom. The van der Waals surface area contributed by atoms with Crippen LogP contribution in [-0.2, 0) is 11.2 Å². The van der Waals surface area contributed by atoms with Gasteiger partial charge in [0.1, 0.15) is 0 Å². The Hall–Kier alpha value is -1.42. The topological polar surface area (TPSA) is 54.0 Å². The van der Waals surface area contributed by atoms with E-state index in [0.29, 0.717) is 12.8 Å². The lowest BCUT2D eigenvalue weighted by molar-refractivity contribution is -0.121. The summed E-state index contributed by atoms with van der Waals surface area (Å²) in [5.74, 6) is 0.118. The predicted molar refractivity (Wildman–Crippen MR) is 71.2 cm³/mol. The van der Waals surface area contributed by atoms with E-state index in [9.17, 15) is 4.79 Å². The van der Waals surface area contributed by atoms with Crippen LogP contribution in [0.1, 0.15) is 31.4 Å². The van der Waals surface area contributed by atoms with Gasteiger partial charge < -0.3 is 10.6 Å². The van der Waals surface area contributed by atoms with Crippen molar-refractivity contribution in [2.75, 3.05) is 13.1 Å². The second kappa shape index (κ2) is 7.11. The molecule has 4 nitrogen and oxygen atoms in total. The van der Waals surface area contributed by atoms with Crippen molar-refractivity contribution >= 4 is 5.91 Å². The quantitative estimate of drug-likeness (QED) is 0.680. The summed E-state index contributed by atoms with van der Waals surface area (Å²) < 4.78 is 0. The maximum atomic E-state index is 11.6. The molecule has 1 aromatic heterocycles. The maximum Gasteiger partial charge on any atom is 0.220 e. The fraction of sp³-hybridized carbons (Fsp3) is 0.571. The summed E-state index contributed by atoms with van der Waals surface area (Å²) in [6.07, 6.45) is 6.63. The van der Waals surface area contributed by atoms with Gasteiger partial charge in [-0.1, -0.05) is 6.07 Å². The van der Waals surface area contributed by atoms with Crippen molar-refractivity contribution in [1.29, 1.82) is 0 Å². The zero-order chi connectivity index (χ0) is 12.6. The molecule has 0 radical (unpaired) electrons. The molecule has 0 aliphatic heterocycles. The first-order chi connectivity index (χ1) is 8.84. The normalized spacial score (nSPS) is 14.4. The van der Waals surface area contributed by atoms with Crippen molar-refractivity contribution < 1.29 is 4.79 Å². The number of rotatable bonds is 8. The van der Waals surface area contributed by atoms with Gasteiger partial charge in [0, 0.05) is 30.9 Å². The summed E-state index contributed by atoms with van der Waals surface area (Å²) >= 11 is 0. The summed E-state index contributed by atoms with van der Waals surface area (Å²) in [5, 5.41) is 6.37. The lowest BCUT2D eigenvalue weighted by Gasteiger charge is -2.05. The van der Waals surface area contributed by atoms with Crippen molar-refractivity contribution in [3.8, 4) is 0 Å². The van der Waals surface area contributed by atoms with Crippen molar-refractivity contribution in [1.82, 2.24) is 15.6 Å². The molecule has 0 aromatic carbocycles. The van der Waals surface area contributed by atoms with E-state index < -0.39 is 0 Å². The number of aryl methyl sites for hydroxylation is 1. The summed E-state index contributed by atoms with van der Waals surface area (Å²) in [7, 11) is 0. The Balaban J connectivity index is 1.49. The maximum absolute atomic E-state index is 11.6. The largest absolute Gasteiger partial charge is 0.356 e. The van der Waals surface area contributed by atoms with E-state index in [0.717, 1.165) is 31.2 Å². The molecule has 1 saturated carbocycles. The second-order valence-corrected chi connectivity index (χ2v) is 4.75. The van der Waals surface area contributed by atoms with Crippen molar-refractivity contribution in [3.63, 3.8) is 0 Å². The van der Waals surface area contributed by atoms with Gasteiger partial charge in [0.15, 0.2) is 0 Å². The molecule has 18 heavy (non-hydrogen) atoms. The van der Waals surface area contributed by atoms with Crippen molar-refractivity contribution in [2.45, 2.75) is 38.1 Å². The van der Waals surface area contributed by atoms with Crippen molar-refractivity contribution in [2.24, 2.45) is 0 Å². The predicted octanol–water partition coefficient (Wildman–Crippen LogP) is 1.27. The molecule has 0 bridgehead atoms. The van der Waals surface area contributed by atoms with Gasteiger partial charge >= 0.3 is 0 Å². The number of nitrogens with zero attached hydrogens (tertiary/aromatic N) is 1. The van der Waals surface area contributed by atoms with Gasteiger partial charge in [0.2, 0.25) is 5.91 Å². The van der Waals surface area contributed by atoms with Gasteiger partial charge in [-0.2, -0.15) is 0 Å². The van der Waals surface area contributed by atoms with Crippen molar-refractivity contribution in [3.05, 3.63) is 30.1 Å². The van der Waals surface area contributed by atoms with E-state index in [-0.39, 0.29) is 5.91 Å². The molecule has 1 amide bonds. The molecule has 2 N–H and O–H groups in total. The molecule has 4 heteroatoms. The first-order valence-electron chi connectivity index (χ1n) is 6.74. The first kappa shape index (κ1) is 13.0. The van der Waals surface area contributed by atoms with E-state index in [4.69, 9.17) is 0 Å². The smallest absolute Gasteiger partial charge is 0.220 e. The monoisotopic (exact) mass is 247 g/mol. The Labute approximate surface area is 108 Å². The number of hydrogen-bond donors (Lipinski definition) is 2. The third-order valence-electron chi connectivity index (χ3n) is 3.02. The summed E-state index contributed by atoms with van der Waals surface area (Å²) in [6.45, 7) is 1.77. The molecule has 0 spiro atoms. The lowest BCUT2D eigenvalue weighted by Crippen LogP contribution is -2.28. The minimum absolute atomic E-state index is 0.118. The Morgan fingerprint density at radius 2 is 2.22 bits per heavy atom. The highest BCUT2D eigenvalue weighted by Gasteiger charge is 2.19. The highest BCUT2D eigenvalue weighted by molar-refractivity contribution is 5.76. The molecule has 1 heterocycles.